The highest BCUT2D eigenvalue weighted by Gasteiger charge is 2.26. The topological polar surface area (TPSA) is 203 Å². The standard InChI is InChI=1S/C41H72NO11PS/c1-3-5-7-9-11-13-15-17-19-21-23-25-29-38(37(43)28-27-30-39(44)45)55-34-36(42)41(47)51-32-35(33-52-54(48,49)50)53-40(46)31-26-24-22-20-18-16-14-12-10-8-6-4-2/h11,13,17,19,21,23,25,29,35-38,43H,3-10,12,14-16,18,20,22,24,26-28,30-34,42H2,1-2H3,(H,44,45)(H2,48,49,50)/b13-11-,19-17-,23-21+,29-25+/t35-,36+,37+,38-/m1/s1. The van der Waals surface area contributed by atoms with Crippen LogP contribution in [0.1, 0.15) is 149 Å². The number of carbonyl (C=O) groups excluding carboxylic acids is 2. The van der Waals surface area contributed by atoms with Crippen molar-refractivity contribution < 1.29 is 52.9 Å². The van der Waals surface area contributed by atoms with Crippen LogP contribution in [0, 0.1) is 0 Å². The lowest BCUT2D eigenvalue weighted by atomic mass is 10.0. The highest BCUT2D eigenvalue weighted by atomic mass is 32.2. The molecule has 0 unspecified atom stereocenters. The van der Waals surface area contributed by atoms with E-state index in [0.717, 1.165) is 32.1 Å². The second kappa shape index (κ2) is 36.1. The van der Waals surface area contributed by atoms with Crippen molar-refractivity contribution in [2.45, 2.75) is 172 Å². The Morgan fingerprint density at radius 1 is 0.745 bits per heavy atom. The number of allylic oxidation sites excluding steroid dienone is 7. The zero-order chi connectivity index (χ0) is 41.0. The average molecular weight is 818 g/mol. The zero-order valence-corrected chi connectivity index (χ0v) is 35.2. The van der Waals surface area contributed by atoms with Gasteiger partial charge in [-0.25, -0.2) is 4.57 Å². The third kappa shape index (κ3) is 35.9. The molecule has 0 heterocycles. The van der Waals surface area contributed by atoms with Crippen molar-refractivity contribution in [3.8, 4) is 0 Å². The van der Waals surface area contributed by atoms with Crippen molar-refractivity contribution in [1.82, 2.24) is 0 Å². The number of unbranched alkanes of at least 4 members (excludes halogenated alkanes) is 14. The number of carbonyl (C=O) groups is 3. The van der Waals surface area contributed by atoms with Crippen LogP contribution in [0.25, 0.3) is 0 Å². The minimum Gasteiger partial charge on any atom is -0.481 e. The van der Waals surface area contributed by atoms with Crippen LogP contribution in [0.3, 0.4) is 0 Å². The molecule has 0 fully saturated rings. The number of ether oxygens (including phenoxy) is 2. The van der Waals surface area contributed by atoms with E-state index in [9.17, 15) is 24.1 Å². The van der Waals surface area contributed by atoms with Gasteiger partial charge in [-0.05, 0) is 38.5 Å². The third-order valence-corrected chi connectivity index (χ3v) is 10.5. The molecule has 0 aromatic rings. The Hall–Kier alpha value is -2.25. The normalized spacial score (nSPS) is 14.6. The summed E-state index contributed by atoms with van der Waals surface area (Å²) in [5.41, 5.74) is 6.09. The summed E-state index contributed by atoms with van der Waals surface area (Å²) >= 11 is 1.20. The molecular weight excluding hydrogens is 745 g/mol. The van der Waals surface area contributed by atoms with Gasteiger partial charge < -0.3 is 35.2 Å². The Morgan fingerprint density at radius 2 is 1.35 bits per heavy atom. The molecule has 0 aliphatic heterocycles. The molecule has 0 saturated heterocycles. The monoisotopic (exact) mass is 817 g/mol. The van der Waals surface area contributed by atoms with E-state index in [-0.39, 0.29) is 31.4 Å². The number of phosphoric acid groups is 1. The van der Waals surface area contributed by atoms with Gasteiger partial charge in [0.2, 0.25) is 0 Å². The Bertz CT molecular complexity index is 1160. The van der Waals surface area contributed by atoms with Gasteiger partial charge in [0.1, 0.15) is 12.6 Å². The van der Waals surface area contributed by atoms with Gasteiger partial charge in [-0.2, -0.15) is 0 Å². The van der Waals surface area contributed by atoms with Crippen LogP contribution in [-0.4, -0.2) is 80.4 Å². The van der Waals surface area contributed by atoms with Crippen LogP contribution < -0.4 is 5.73 Å². The number of rotatable bonds is 37. The molecule has 0 rings (SSSR count). The number of hydrogen-bond acceptors (Lipinski definition) is 10. The number of thioether (sulfide) groups is 1. The van der Waals surface area contributed by atoms with Crippen molar-refractivity contribution >= 4 is 37.5 Å². The minimum atomic E-state index is -4.88. The Kier molecular flexibility index (Phi) is 34.6. The van der Waals surface area contributed by atoms with Crippen molar-refractivity contribution in [3.63, 3.8) is 0 Å². The van der Waals surface area contributed by atoms with E-state index in [1.807, 2.05) is 24.3 Å². The summed E-state index contributed by atoms with van der Waals surface area (Å²) in [5.74, 6) is -2.34. The van der Waals surface area contributed by atoms with Crippen LogP contribution in [0.5, 0.6) is 0 Å². The van der Waals surface area contributed by atoms with Crippen LogP contribution in [-0.2, 0) is 32.9 Å². The first-order valence-electron chi connectivity index (χ1n) is 20.4. The fraction of sp³-hybridized carbons (Fsp3) is 0.732. The van der Waals surface area contributed by atoms with E-state index in [4.69, 9.17) is 30.1 Å². The van der Waals surface area contributed by atoms with Gasteiger partial charge in [-0.1, -0.05) is 146 Å². The highest BCUT2D eigenvalue weighted by molar-refractivity contribution is 8.00. The number of carboxylic acids is 1. The van der Waals surface area contributed by atoms with Gasteiger partial charge in [0, 0.05) is 23.8 Å². The predicted molar refractivity (Wildman–Crippen MR) is 222 cm³/mol. The molecule has 0 radical (unpaired) electrons. The van der Waals surface area contributed by atoms with Gasteiger partial charge in [0.25, 0.3) is 0 Å². The lowest BCUT2D eigenvalue weighted by molar-refractivity contribution is -0.161. The summed E-state index contributed by atoms with van der Waals surface area (Å²) in [5, 5.41) is 19.3. The lowest BCUT2D eigenvalue weighted by Gasteiger charge is -2.22. The number of aliphatic hydroxyl groups is 1. The van der Waals surface area contributed by atoms with E-state index in [1.54, 1.807) is 12.2 Å². The van der Waals surface area contributed by atoms with Gasteiger partial charge >= 0.3 is 25.7 Å². The summed E-state index contributed by atoms with van der Waals surface area (Å²) in [4.78, 5) is 54.6. The number of phosphoric ester groups is 1. The SMILES string of the molecule is CCCCC/C=C\C\C=C/C=C/C=C/[C@@H](SC[C@H](N)C(=O)OC[C@H](COP(=O)(O)O)OC(=O)CCCCCCCCCCCCCC)[C@@H](O)CCCC(=O)O. The maximum atomic E-state index is 12.8. The number of aliphatic carboxylic acids is 1. The van der Waals surface area contributed by atoms with Crippen molar-refractivity contribution in [1.29, 1.82) is 0 Å². The second-order valence-corrected chi connectivity index (χ2v) is 16.3. The molecule has 0 spiro atoms. The molecule has 4 atom stereocenters. The molecule has 6 N–H and O–H groups in total. The maximum absolute atomic E-state index is 12.8. The van der Waals surface area contributed by atoms with Crippen LogP contribution in [0.15, 0.2) is 48.6 Å². The fourth-order valence-corrected chi connectivity index (χ4v) is 6.89. The Morgan fingerprint density at radius 3 is 1.96 bits per heavy atom. The molecule has 14 heteroatoms. The molecule has 0 aliphatic carbocycles. The second-order valence-electron chi connectivity index (χ2n) is 13.8. The minimum absolute atomic E-state index is 0.0421. The molecule has 0 aromatic heterocycles. The zero-order valence-electron chi connectivity index (χ0n) is 33.5. The first-order valence-corrected chi connectivity index (χ1v) is 23.0. The van der Waals surface area contributed by atoms with Gasteiger partial charge in [0.15, 0.2) is 6.10 Å². The molecule has 12 nitrogen and oxygen atoms in total. The number of esters is 2. The number of nitrogens with two attached hydrogens (primary N) is 1. The van der Waals surface area contributed by atoms with Gasteiger partial charge in [-0.15, -0.1) is 11.8 Å². The van der Waals surface area contributed by atoms with Crippen molar-refractivity contribution in [2.75, 3.05) is 19.0 Å². The average Bonchev–Trinajstić information content (AvgIpc) is 3.13. The van der Waals surface area contributed by atoms with Crippen LogP contribution >= 0.6 is 19.6 Å². The van der Waals surface area contributed by atoms with Crippen LogP contribution in [0.4, 0.5) is 0 Å². The Labute approximate surface area is 335 Å². The number of aliphatic hydroxyl groups excluding tert-OH is 1. The van der Waals surface area contributed by atoms with Crippen molar-refractivity contribution in [3.05, 3.63) is 48.6 Å². The van der Waals surface area contributed by atoms with E-state index >= 15 is 0 Å². The van der Waals surface area contributed by atoms with E-state index in [0.29, 0.717) is 6.42 Å². The highest BCUT2D eigenvalue weighted by Crippen LogP contribution is 2.36. The number of carboxylic acid groups (broad SMARTS) is 1. The largest absolute Gasteiger partial charge is 0.481 e. The first kappa shape index (κ1) is 52.8. The molecule has 0 amide bonds. The van der Waals surface area contributed by atoms with E-state index < -0.39 is 62.4 Å². The summed E-state index contributed by atoms with van der Waals surface area (Å²) < 4.78 is 26.4. The summed E-state index contributed by atoms with van der Waals surface area (Å²) in [6.45, 7) is 3.19. The maximum Gasteiger partial charge on any atom is 0.469 e. The van der Waals surface area contributed by atoms with E-state index in [1.165, 1.54) is 82.4 Å². The third-order valence-electron chi connectivity index (χ3n) is 8.60. The first-order chi connectivity index (χ1) is 26.4. The predicted octanol–water partition coefficient (Wildman–Crippen LogP) is 8.88. The smallest absolute Gasteiger partial charge is 0.469 e. The molecule has 0 saturated carbocycles. The fourth-order valence-electron chi connectivity index (χ4n) is 5.40. The van der Waals surface area contributed by atoms with Crippen molar-refractivity contribution in [2.24, 2.45) is 5.73 Å². The Balaban J connectivity index is 4.93. The summed E-state index contributed by atoms with van der Waals surface area (Å²) in [6.07, 6.45) is 33.1. The summed E-state index contributed by atoms with van der Waals surface area (Å²) in [6, 6.07) is -1.14. The molecular formula is C41H72NO11PS. The lowest BCUT2D eigenvalue weighted by Crippen LogP contribution is -2.38. The van der Waals surface area contributed by atoms with Gasteiger partial charge in [0.05, 0.1) is 12.7 Å². The van der Waals surface area contributed by atoms with Crippen LogP contribution in [0.2, 0.25) is 0 Å². The van der Waals surface area contributed by atoms with E-state index in [2.05, 4.69) is 30.5 Å². The van der Waals surface area contributed by atoms with Gasteiger partial charge in [-0.3, -0.25) is 18.9 Å². The molecule has 0 aliphatic rings. The molecule has 318 valence electrons. The summed E-state index contributed by atoms with van der Waals surface area (Å²) in [7, 11) is -4.88. The molecule has 0 aromatic carbocycles. The molecule has 55 heavy (non-hydrogen) atoms. The quantitative estimate of drug-likeness (QED) is 0.0131. The number of hydrogen-bond donors (Lipinski definition) is 5. The molecule has 0 bridgehead atoms.